The van der Waals surface area contributed by atoms with Gasteiger partial charge in [0, 0.05) is 5.92 Å². The van der Waals surface area contributed by atoms with Crippen LogP contribution < -0.4 is 5.32 Å². The molecular formula is C51H51NO7. The molecule has 6 aromatic carbocycles. The van der Waals surface area contributed by atoms with Crippen LogP contribution in [0.1, 0.15) is 46.2 Å². The predicted octanol–water partition coefficient (Wildman–Crippen LogP) is 9.65. The van der Waals surface area contributed by atoms with E-state index < -0.39 is 42.7 Å². The number of hydrogen-bond donors (Lipinski definition) is 1. The highest BCUT2D eigenvalue weighted by Gasteiger charge is 2.50. The van der Waals surface area contributed by atoms with E-state index in [9.17, 15) is 4.79 Å². The van der Waals surface area contributed by atoms with Crippen LogP contribution in [0.3, 0.4) is 0 Å². The molecule has 0 aromatic heterocycles. The van der Waals surface area contributed by atoms with Crippen molar-refractivity contribution in [3.05, 3.63) is 203 Å². The van der Waals surface area contributed by atoms with Crippen LogP contribution in [-0.4, -0.2) is 55.9 Å². The lowest BCUT2D eigenvalue weighted by atomic mass is 9.90. The maximum absolute atomic E-state index is 13.8. The molecule has 1 amide bonds. The van der Waals surface area contributed by atoms with Crippen LogP contribution in [0.5, 0.6) is 0 Å². The molecule has 6 aromatic rings. The zero-order valence-electron chi connectivity index (χ0n) is 33.3. The van der Waals surface area contributed by atoms with Gasteiger partial charge >= 0.3 is 6.09 Å². The maximum Gasteiger partial charge on any atom is 0.407 e. The number of amides is 1. The van der Waals surface area contributed by atoms with Crippen molar-refractivity contribution >= 4 is 6.09 Å². The molecule has 1 heterocycles. The van der Waals surface area contributed by atoms with Crippen LogP contribution >= 0.6 is 0 Å². The Morgan fingerprint density at radius 3 is 1.46 bits per heavy atom. The van der Waals surface area contributed by atoms with E-state index in [1.54, 1.807) is 0 Å². The van der Waals surface area contributed by atoms with Gasteiger partial charge in [-0.15, -0.1) is 0 Å². The standard InChI is InChI=1S/C51H51NO7/c1-36(52-51(53)58-34-45-43-28-16-14-26-41(43)42-27-15-17-29-44(42)45)47-49(56-32-39-22-10-4-11-23-39)50(57-33-40-24-12-5-13-25-40)48(55-31-38-20-8-3-9-21-38)46(59-47)35-54-30-37-18-6-2-7-19-37/h2-29,36,45-50H,30-35H2,1H3,(H,52,53)/t36-,46+,47-,48+,49-,50-/m0/s1. The Morgan fingerprint density at radius 1 is 0.525 bits per heavy atom. The minimum Gasteiger partial charge on any atom is -0.449 e. The van der Waals surface area contributed by atoms with Gasteiger partial charge in [-0.3, -0.25) is 0 Å². The Bertz CT molecular complexity index is 2160. The fourth-order valence-corrected chi connectivity index (χ4v) is 8.14. The Kier molecular flexibility index (Phi) is 13.6. The summed E-state index contributed by atoms with van der Waals surface area (Å²) in [5.74, 6) is -0.0687. The van der Waals surface area contributed by atoms with E-state index in [1.165, 1.54) is 11.1 Å². The molecule has 59 heavy (non-hydrogen) atoms. The van der Waals surface area contributed by atoms with E-state index in [1.807, 2.05) is 153 Å². The molecule has 0 saturated carbocycles. The van der Waals surface area contributed by atoms with Gasteiger partial charge in [-0.25, -0.2) is 4.79 Å². The van der Waals surface area contributed by atoms with Crippen LogP contribution in [0, 0.1) is 0 Å². The molecule has 2 aliphatic rings. The summed E-state index contributed by atoms with van der Waals surface area (Å²) in [7, 11) is 0. The molecule has 0 radical (unpaired) electrons. The van der Waals surface area contributed by atoms with E-state index in [4.69, 9.17) is 28.4 Å². The number of benzene rings is 6. The molecule has 0 bridgehead atoms. The first-order valence-electron chi connectivity index (χ1n) is 20.5. The van der Waals surface area contributed by atoms with Crippen molar-refractivity contribution in [3.8, 4) is 11.1 Å². The lowest BCUT2D eigenvalue weighted by Crippen LogP contribution is -2.65. The van der Waals surface area contributed by atoms with Crippen LogP contribution in [-0.2, 0) is 54.8 Å². The molecule has 1 aliphatic carbocycles. The third-order valence-corrected chi connectivity index (χ3v) is 11.1. The third kappa shape index (κ3) is 10.2. The maximum atomic E-state index is 13.8. The molecule has 6 atom stereocenters. The molecule has 1 saturated heterocycles. The molecule has 8 rings (SSSR count). The summed E-state index contributed by atoms with van der Waals surface area (Å²) in [6.45, 7) is 3.69. The second-order valence-corrected chi connectivity index (χ2v) is 15.2. The van der Waals surface area contributed by atoms with Crippen molar-refractivity contribution in [1.82, 2.24) is 5.32 Å². The van der Waals surface area contributed by atoms with Gasteiger partial charge < -0.3 is 33.7 Å². The fraction of sp³-hybridized carbons (Fsp3) is 0.275. The highest BCUT2D eigenvalue weighted by Crippen LogP contribution is 2.44. The number of carbonyl (C=O) groups excluding carboxylic acids is 1. The fourth-order valence-electron chi connectivity index (χ4n) is 8.14. The van der Waals surface area contributed by atoms with Gasteiger partial charge in [0.2, 0.25) is 0 Å². The molecule has 1 fully saturated rings. The highest BCUT2D eigenvalue weighted by molar-refractivity contribution is 5.79. The van der Waals surface area contributed by atoms with Crippen molar-refractivity contribution in [2.24, 2.45) is 0 Å². The van der Waals surface area contributed by atoms with Crippen LogP contribution in [0.4, 0.5) is 4.79 Å². The van der Waals surface area contributed by atoms with Crippen molar-refractivity contribution in [1.29, 1.82) is 0 Å². The smallest absolute Gasteiger partial charge is 0.407 e. The Balaban J connectivity index is 1.06. The van der Waals surface area contributed by atoms with Gasteiger partial charge in [-0.2, -0.15) is 0 Å². The molecule has 0 spiro atoms. The van der Waals surface area contributed by atoms with Crippen molar-refractivity contribution in [3.63, 3.8) is 0 Å². The van der Waals surface area contributed by atoms with Crippen molar-refractivity contribution in [2.45, 2.75) is 75.8 Å². The number of nitrogens with one attached hydrogen (secondary N) is 1. The van der Waals surface area contributed by atoms with Crippen molar-refractivity contribution < 1.29 is 33.2 Å². The average Bonchev–Trinajstić information content (AvgIpc) is 3.61. The quantitative estimate of drug-likeness (QED) is 0.0986. The monoisotopic (exact) mass is 789 g/mol. The lowest BCUT2D eigenvalue weighted by Gasteiger charge is -2.48. The molecular weight excluding hydrogens is 739 g/mol. The lowest BCUT2D eigenvalue weighted by molar-refractivity contribution is -0.276. The largest absolute Gasteiger partial charge is 0.449 e. The van der Waals surface area contributed by atoms with Gasteiger partial charge in [-0.1, -0.05) is 170 Å². The Morgan fingerprint density at radius 2 is 0.949 bits per heavy atom. The number of ether oxygens (including phenoxy) is 6. The molecule has 1 aliphatic heterocycles. The number of fused-ring (bicyclic) bond motifs is 3. The number of hydrogen-bond acceptors (Lipinski definition) is 7. The summed E-state index contributed by atoms with van der Waals surface area (Å²) in [6, 6.07) is 56.3. The van der Waals surface area contributed by atoms with Crippen LogP contribution in [0.2, 0.25) is 0 Å². The average molecular weight is 790 g/mol. The van der Waals surface area contributed by atoms with Gasteiger partial charge in [0.1, 0.15) is 37.1 Å². The Hall–Kier alpha value is -5.61. The van der Waals surface area contributed by atoms with E-state index in [0.29, 0.717) is 26.4 Å². The molecule has 1 N–H and O–H groups in total. The number of alkyl carbamates (subject to hydrolysis) is 1. The van der Waals surface area contributed by atoms with Gasteiger partial charge in [-0.05, 0) is 51.4 Å². The number of rotatable bonds is 17. The predicted molar refractivity (Wildman–Crippen MR) is 227 cm³/mol. The Labute approximate surface area is 347 Å². The van der Waals surface area contributed by atoms with Gasteiger partial charge in [0.15, 0.2) is 0 Å². The summed E-state index contributed by atoms with van der Waals surface area (Å²) in [6.07, 6.45) is -3.63. The minimum atomic E-state index is -0.665. The van der Waals surface area contributed by atoms with Crippen LogP contribution in [0.15, 0.2) is 170 Å². The van der Waals surface area contributed by atoms with Gasteiger partial charge in [0.25, 0.3) is 0 Å². The zero-order valence-corrected chi connectivity index (χ0v) is 33.3. The highest BCUT2D eigenvalue weighted by atomic mass is 16.6. The zero-order chi connectivity index (χ0) is 40.2. The van der Waals surface area contributed by atoms with E-state index in [2.05, 4.69) is 29.6 Å². The van der Waals surface area contributed by atoms with E-state index in [-0.39, 0.29) is 19.1 Å². The second kappa shape index (κ2) is 19.9. The van der Waals surface area contributed by atoms with E-state index in [0.717, 1.165) is 33.4 Å². The summed E-state index contributed by atoms with van der Waals surface area (Å²) < 4.78 is 40.0. The first-order chi connectivity index (χ1) is 29.1. The van der Waals surface area contributed by atoms with Gasteiger partial charge in [0.05, 0.1) is 39.1 Å². The molecule has 0 unspecified atom stereocenters. The SMILES string of the molecule is C[C@H](NC(=O)OCC1c2ccccc2-c2ccccc21)[C@@H]1O[C@H](COCc2ccccc2)[C@@H](OCc2ccccc2)[C@H](OCc2ccccc2)[C@H]1OCc1ccccc1. The number of carbonyl (C=O) groups is 1. The summed E-state index contributed by atoms with van der Waals surface area (Å²) >= 11 is 0. The normalized spacial score (nSPS) is 20.3. The minimum absolute atomic E-state index is 0.0687. The first kappa shape index (κ1) is 40.2. The topological polar surface area (TPSA) is 84.5 Å². The first-order valence-corrected chi connectivity index (χ1v) is 20.5. The molecule has 8 nitrogen and oxygen atoms in total. The summed E-state index contributed by atoms with van der Waals surface area (Å²) in [4.78, 5) is 13.8. The van der Waals surface area contributed by atoms with Crippen molar-refractivity contribution in [2.75, 3.05) is 13.2 Å². The molecule has 8 heteroatoms. The summed E-state index contributed by atoms with van der Waals surface area (Å²) in [5.41, 5.74) is 8.73. The third-order valence-electron chi connectivity index (χ3n) is 11.1. The summed E-state index contributed by atoms with van der Waals surface area (Å²) in [5, 5.41) is 3.12. The van der Waals surface area contributed by atoms with E-state index >= 15 is 0 Å². The van der Waals surface area contributed by atoms with Crippen LogP contribution in [0.25, 0.3) is 11.1 Å². The second-order valence-electron chi connectivity index (χ2n) is 15.2. The molecule has 302 valence electrons.